The molecule has 0 saturated heterocycles. The quantitative estimate of drug-likeness (QED) is 0.794. The van der Waals surface area contributed by atoms with E-state index in [-0.39, 0.29) is 5.69 Å². The molecule has 9 heteroatoms. The highest BCUT2D eigenvalue weighted by atomic mass is 19.4. The minimum Gasteiger partial charge on any atom is -0.344 e. The van der Waals surface area contributed by atoms with Gasteiger partial charge in [0.05, 0.1) is 23.5 Å². The monoisotopic (exact) mass is 273 g/mol. The summed E-state index contributed by atoms with van der Waals surface area (Å²) in [5.41, 5.74) is -0.557. The van der Waals surface area contributed by atoms with Gasteiger partial charge >= 0.3 is 6.18 Å². The fourth-order valence-corrected chi connectivity index (χ4v) is 1.44. The van der Waals surface area contributed by atoms with Crippen molar-refractivity contribution in [3.05, 3.63) is 35.4 Å². The van der Waals surface area contributed by atoms with Gasteiger partial charge in [-0.15, -0.1) is 0 Å². The number of amides is 1. The maximum Gasteiger partial charge on any atom is 0.435 e. The van der Waals surface area contributed by atoms with Gasteiger partial charge in [0.1, 0.15) is 0 Å². The third kappa shape index (κ3) is 2.92. The lowest BCUT2D eigenvalue weighted by Gasteiger charge is -2.10. The number of halogens is 3. The number of hydrogen-bond acceptors (Lipinski definition) is 3. The Morgan fingerprint density at radius 1 is 1.47 bits per heavy atom. The molecule has 0 fully saturated rings. The van der Waals surface area contributed by atoms with Crippen LogP contribution in [0.3, 0.4) is 0 Å². The van der Waals surface area contributed by atoms with Crippen molar-refractivity contribution in [2.75, 3.05) is 0 Å². The van der Waals surface area contributed by atoms with Crippen molar-refractivity contribution in [3.63, 3.8) is 0 Å². The number of H-pyrrole nitrogens is 2. The summed E-state index contributed by atoms with van der Waals surface area (Å²) in [6.45, 7) is 1.55. The zero-order chi connectivity index (χ0) is 14.0. The molecular formula is C10H10F3N5O. The summed E-state index contributed by atoms with van der Waals surface area (Å²) in [6.07, 6.45) is -1.81. The summed E-state index contributed by atoms with van der Waals surface area (Å²) < 4.78 is 37.1. The number of carbonyl (C=O) groups excluding carboxylic acids is 1. The maximum atomic E-state index is 12.4. The van der Waals surface area contributed by atoms with Gasteiger partial charge in [-0.1, -0.05) is 0 Å². The van der Waals surface area contributed by atoms with Gasteiger partial charge in [0.25, 0.3) is 5.91 Å². The van der Waals surface area contributed by atoms with Crippen LogP contribution in [0.2, 0.25) is 0 Å². The fourth-order valence-electron chi connectivity index (χ4n) is 1.44. The molecule has 19 heavy (non-hydrogen) atoms. The molecule has 0 saturated carbocycles. The topological polar surface area (TPSA) is 86.5 Å². The summed E-state index contributed by atoms with van der Waals surface area (Å²) in [5.74, 6) is -0.440. The zero-order valence-electron chi connectivity index (χ0n) is 9.75. The van der Waals surface area contributed by atoms with Gasteiger partial charge in [-0.05, 0) is 13.0 Å². The Kier molecular flexibility index (Phi) is 3.28. The number of nitrogens with zero attached hydrogens (tertiary/aromatic N) is 2. The van der Waals surface area contributed by atoms with Gasteiger partial charge in [-0.25, -0.2) is 0 Å². The number of carbonyl (C=O) groups is 1. The second kappa shape index (κ2) is 4.75. The standard InChI is InChI=1S/C10H10F3N5O/c1-5(16-9(19)6-3-14-15-4-6)7-2-8(18-17-7)10(11,12)13/h2-5H,1H3,(H,14,15)(H,16,19)(H,17,18). The molecule has 2 rings (SSSR count). The van der Waals surface area contributed by atoms with Crippen LogP contribution in [0.15, 0.2) is 18.5 Å². The predicted octanol–water partition coefficient (Wildman–Crippen LogP) is 1.64. The Bertz CT molecular complexity index is 560. The lowest BCUT2D eigenvalue weighted by atomic mass is 10.2. The van der Waals surface area contributed by atoms with Crippen molar-refractivity contribution >= 4 is 5.91 Å². The predicted molar refractivity (Wildman–Crippen MR) is 58.1 cm³/mol. The molecule has 2 aromatic heterocycles. The van der Waals surface area contributed by atoms with E-state index >= 15 is 0 Å². The van der Waals surface area contributed by atoms with E-state index in [2.05, 4.69) is 25.7 Å². The van der Waals surface area contributed by atoms with Crippen molar-refractivity contribution in [1.82, 2.24) is 25.7 Å². The molecule has 102 valence electrons. The van der Waals surface area contributed by atoms with E-state index in [9.17, 15) is 18.0 Å². The van der Waals surface area contributed by atoms with E-state index in [0.29, 0.717) is 5.56 Å². The first-order valence-corrected chi connectivity index (χ1v) is 5.30. The fraction of sp³-hybridized carbons (Fsp3) is 0.300. The number of aromatic nitrogens is 4. The second-order valence-electron chi connectivity index (χ2n) is 3.89. The van der Waals surface area contributed by atoms with Crippen LogP contribution < -0.4 is 5.32 Å². The molecule has 0 aromatic carbocycles. The lowest BCUT2D eigenvalue weighted by Crippen LogP contribution is -2.26. The number of hydrogen-bond donors (Lipinski definition) is 3. The van der Waals surface area contributed by atoms with Crippen molar-refractivity contribution < 1.29 is 18.0 Å². The minimum absolute atomic E-state index is 0.171. The van der Waals surface area contributed by atoms with E-state index in [4.69, 9.17) is 0 Å². The van der Waals surface area contributed by atoms with Gasteiger partial charge in [0, 0.05) is 6.20 Å². The number of aromatic amines is 2. The molecule has 6 nitrogen and oxygen atoms in total. The van der Waals surface area contributed by atoms with E-state index in [1.54, 1.807) is 6.92 Å². The molecule has 0 radical (unpaired) electrons. The number of nitrogens with one attached hydrogen (secondary N) is 3. The van der Waals surface area contributed by atoms with Crippen LogP contribution >= 0.6 is 0 Å². The van der Waals surface area contributed by atoms with E-state index in [0.717, 1.165) is 6.07 Å². The Labute approximate surface area is 105 Å². The first kappa shape index (κ1) is 13.1. The highest BCUT2D eigenvalue weighted by Crippen LogP contribution is 2.28. The van der Waals surface area contributed by atoms with Crippen LogP contribution in [0, 0.1) is 0 Å². The maximum absolute atomic E-state index is 12.4. The summed E-state index contributed by atoms with van der Waals surface area (Å²) >= 11 is 0. The molecule has 2 aromatic rings. The molecule has 0 aliphatic rings. The molecule has 0 spiro atoms. The number of rotatable bonds is 3. The SMILES string of the molecule is CC(NC(=O)c1cn[nH]c1)c1cc(C(F)(F)F)n[nH]1. The first-order valence-electron chi connectivity index (χ1n) is 5.30. The molecule has 2 heterocycles. The van der Waals surface area contributed by atoms with Crippen molar-refractivity contribution in [1.29, 1.82) is 0 Å². The van der Waals surface area contributed by atoms with Crippen LogP contribution in [-0.4, -0.2) is 26.3 Å². The summed E-state index contributed by atoms with van der Waals surface area (Å²) in [4.78, 5) is 11.7. The Morgan fingerprint density at radius 2 is 2.21 bits per heavy atom. The van der Waals surface area contributed by atoms with E-state index in [1.165, 1.54) is 12.4 Å². The summed E-state index contributed by atoms with van der Waals surface area (Å²) in [6, 6.07) is 0.228. The van der Waals surface area contributed by atoms with Crippen LogP contribution in [0.1, 0.15) is 34.7 Å². The Morgan fingerprint density at radius 3 is 2.74 bits per heavy atom. The van der Waals surface area contributed by atoms with Gasteiger partial charge in [-0.2, -0.15) is 23.4 Å². The lowest BCUT2D eigenvalue weighted by molar-refractivity contribution is -0.141. The third-order valence-electron chi connectivity index (χ3n) is 2.46. The van der Waals surface area contributed by atoms with Gasteiger partial charge in [-0.3, -0.25) is 15.0 Å². The van der Waals surface area contributed by atoms with Gasteiger partial charge in [0.15, 0.2) is 5.69 Å². The molecular weight excluding hydrogens is 263 g/mol. The number of alkyl halides is 3. The summed E-state index contributed by atoms with van der Waals surface area (Å²) in [7, 11) is 0. The molecule has 0 aliphatic heterocycles. The highest BCUT2D eigenvalue weighted by Gasteiger charge is 2.34. The minimum atomic E-state index is -4.51. The first-order chi connectivity index (χ1) is 8.88. The van der Waals surface area contributed by atoms with Gasteiger partial charge < -0.3 is 5.32 Å². The summed E-state index contributed by atoms with van der Waals surface area (Å²) in [5, 5.41) is 14.0. The molecule has 1 atom stereocenters. The van der Waals surface area contributed by atoms with Crippen LogP contribution in [0.5, 0.6) is 0 Å². The van der Waals surface area contributed by atoms with Gasteiger partial charge in [0.2, 0.25) is 0 Å². The molecule has 0 aliphatic carbocycles. The highest BCUT2D eigenvalue weighted by molar-refractivity contribution is 5.93. The molecule has 3 N–H and O–H groups in total. The Hall–Kier alpha value is -2.32. The van der Waals surface area contributed by atoms with Crippen LogP contribution in [0.4, 0.5) is 13.2 Å². The van der Waals surface area contributed by atoms with Crippen LogP contribution in [-0.2, 0) is 6.18 Å². The molecule has 1 amide bonds. The third-order valence-corrected chi connectivity index (χ3v) is 2.46. The van der Waals surface area contributed by atoms with E-state index < -0.39 is 23.8 Å². The Balaban J connectivity index is 2.06. The van der Waals surface area contributed by atoms with Crippen molar-refractivity contribution in [2.45, 2.75) is 19.1 Å². The molecule has 0 bridgehead atoms. The largest absolute Gasteiger partial charge is 0.435 e. The van der Waals surface area contributed by atoms with Crippen molar-refractivity contribution in [3.8, 4) is 0 Å². The second-order valence-corrected chi connectivity index (χ2v) is 3.89. The zero-order valence-corrected chi connectivity index (χ0v) is 9.75. The van der Waals surface area contributed by atoms with E-state index in [1.807, 2.05) is 0 Å². The molecule has 1 unspecified atom stereocenters. The smallest absolute Gasteiger partial charge is 0.344 e. The van der Waals surface area contributed by atoms with Crippen LogP contribution in [0.25, 0.3) is 0 Å². The average molecular weight is 273 g/mol. The average Bonchev–Trinajstić information content (AvgIpc) is 3.00. The normalized spacial score (nSPS) is 13.3. The van der Waals surface area contributed by atoms with Crippen molar-refractivity contribution in [2.24, 2.45) is 0 Å².